The second-order valence-electron chi connectivity index (χ2n) is 4.85. The molecule has 0 aromatic carbocycles. The number of hydrogen-bond acceptors (Lipinski definition) is 3. The van der Waals surface area contributed by atoms with Gasteiger partial charge in [-0.25, -0.2) is 4.98 Å². The molecular formula is C14H21N3O. The predicted octanol–water partition coefficient (Wildman–Crippen LogP) is 2.51. The third kappa shape index (κ3) is 2.47. The van der Waals surface area contributed by atoms with Gasteiger partial charge in [-0.15, -0.1) is 0 Å². The van der Waals surface area contributed by atoms with Crippen LogP contribution in [0.3, 0.4) is 0 Å². The fourth-order valence-electron chi connectivity index (χ4n) is 2.70. The highest BCUT2D eigenvalue weighted by molar-refractivity contribution is 5.74. The quantitative estimate of drug-likeness (QED) is 0.873. The van der Waals surface area contributed by atoms with Crippen LogP contribution >= 0.6 is 0 Å². The standard InChI is InChI=1S/C14H21N3O/c1-10-12(7-8-14(15-3)16-10)13-6-4-5-9-17(13)11(2)18/h7-8,13H,4-6,9H2,1-3H3,(H,15,16)/t13-/m0/s1. The predicted molar refractivity (Wildman–Crippen MR) is 72.5 cm³/mol. The summed E-state index contributed by atoms with van der Waals surface area (Å²) in [5.41, 5.74) is 2.20. The fourth-order valence-corrected chi connectivity index (χ4v) is 2.70. The van der Waals surface area contributed by atoms with Gasteiger partial charge in [0.2, 0.25) is 5.91 Å². The number of piperidine rings is 1. The summed E-state index contributed by atoms with van der Waals surface area (Å²) in [6.07, 6.45) is 3.33. The zero-order valence-electron chi connectivity index (χ0n) is 11.4. The van der Waals surface area contributed by atoms with E-state index in [9.17, 15) is 4.79 Å². The second-order valence-corrected chi connectivity index (χ2v) is 4.85. The van der Waals surface area contributed by atoms with Crippen molar-refractivity contribution in [3.05, 3.63) is 23.4 Å². The van der Waals surface area contributed by atoms with Gasteiger partial charge in [-0.1, -0.05) is 6.07 Å². The molecule has 0 radical (unpaired) electrons. The molecule has 98 valence electrons. The van der Waals surface area contributed by atoms with Crippen molar-refractivity contribution in [2.24, 2.45) is 0 Å². The van der Waals surface area contributed by atoms with Crippen molar-refractivity contribution in [2.45, 2.75) is 39.2 Å². The first-order valence-corrected chi connectivity index (χ1v) is 6.56. The molecule has 1 saturated heterocycles. The van der Waals surface area contributed by atoms with E-state index in [0.717, 1.165) is 30.9 Å². The van der Waals surface area contributed by atoms with Crippen molar-refractivity contribution in [1.82, 2.24) is 9.88 Å². The summed E-state index contributed by atoms with van der Waals surface area (Å²) in [7, 11) is 1.87. The summed E-state index contributed by atoms with van der Waals surface area (Å²) in [5, 5.41) is 3.04. The minimum absolute atomic E-state index is 0.164. The summed E-state index contributed by atoms with van der Waals surface area (Å²) in [6, 6.07) is 4.28. The summed E-state index contributed by atoms with van der Waals surface area (Å²) in [4.78, 5) is 18.2. The monoisotopic (exact) mass is 247 g/mol. The zero-order valence-corrected chi connectivity index (χ0v) is 11.4. The van der Waals surface area contributed by atoms with Crippen LogP contribution in [0, 0.1) is 6.92 Å². The van der Waals surface area contributed by atoms with Gasteiger partial charge in [-0.05, 0) is 37.8 Å². The first-order valence-electron chi connectivity index (χ1n) is 6.56. The number of hydrogen-bond donors (Lipinski definition) is 1. The molecule has 18 heavy (non-hydrogen) atoms. The van der Waals surface area contributed by atoms with E-state index in [4.69, 9.17) is 0 Å². The van der Waals surface area contributed by atoms with Gasteiger partial charge >= 0.3 is 0 Å². The van der Waals surface area contributed by atoms with Gasteiger partial charge in [0.15, 0.2) is 0 Å². The van der Waals surface area contributed by atoms with Gasteiger partial charge in [0.1, 0.15) is 5.82 Å². The number of nitrogens with one attached hydrogen (secondary N) is 1. The van der Waals surface area contributed by atoms with Gasteiger partial charge in [0.25, 0.3) is 0 Å². The SMILES string of the molecule is CNc1ccc([C@@H]2CCCCN2C(C)=O)c(C)n1. The maximum atomic E-state index is 11.7. The van der Waals surface area contributed by atoms with E-state index in [1.807, 2.05) is 24.9 Å². The van der Waals surface area contributed by atoms with Crippen LogP contribution in [0.15, 0.2) is 12.1 Å². The lowest BCUT2D eigenvalue weighted by Crippen LogP contribution is -2.37. The smallest absolute Gasteiger partial charge is 0.219 e. The van der Waals surface area contributed by atoms with Crippen molar-refractivity contribution in [2.75, 3.05) is 18.9 Å². The number of carbonyl (C=O) groups is 1. The molecular weight excluding hydrogens is 226 g/mol. The second kappa shape index (κ2) is 5.38. The molecule has 0 bridgehead atoms. The largest absolute Gasteiger partial charge is 0.373 e. The maximum Gasteiger partial charge on any atom is 0.219 e. The molecule has 0 unspecified atom stereocenters. The Balaban J connectivity index is 2.31. The van der Waals surface area contributed by atoms with Crippen LogP contribution in [0.1, 0.15) is 43.5 Å². The number of nitrogens with zero attached hydrogens (tertiary/aromatic N) is 2. The highest BCUT2D eigenvalue weighted by atomic mass is 16.2. The molecule has 4 heteroatoms. The summed E-state index contributed by atoms with van der Waals surface area (Å²) in [5.74, 6) is 1.04. The average Bonchev–Trinajstić information content (AvgIpc) is 2.38. The molecule has 1 N–H and O–H groups in total. The third-order valence-corrected chi connectivity index (χ3v) is 3.65. The Morgan fingerprint density at radius 3 is 2.83 bits per heavy atom. The van der Waals surface area contributed by atoms with Gasteiger partial charge in [0, 0.05) is 26.2 Å². The van der Waals surface area contributed by atoms with E-state index in [0.29, 0.717) is 0 Å². The Hall–Kier alpha value is -1.58. The highest BCUT2D eigenvalue weighted by Crippen LogP contribution is 2.32. The number of carbonyl (C=O) groups excluding carboxylic acids is 1. The molecule has 2 rings (SSSR count). The first-order chi connectivity index (χ1) is 8.63. The molecule has 0 aliphatic carbocycles. The normalized spacial score (nSPS) is 19.7. The highest BCUT2D eigenvalue weighted by Gasteiger charge is 2.27. The van der Waals surface area contributed by atoms with Crippen molar-refractivity contribution >= 4 is 11.7 Å². The lowest BCUT2D eigenvalue weighted by molar-refractivity contribution is -0.132. The van der Waals surface area contributed by atoms with Crippen molar-refractivity contribution in [3.8, 4) is 0 Å². The number of aromatic nitrogens is 1. The number of amides is 1. The number of aryl methyl sites for hydroxylation is 1. The number of rotatable bonds is 2. The molecule has 1 aliphatic rings. The van der Waals surface area contributed by atoms with E-state index >= 15 is 0 Å². The van der Waals surface area contributed by atoms with E-state index in [2.05, 4.69) is 16.4 Å². The van der Waals surface area contributed by atoms with Gasteiger partial charge in [-0.3, -0.25) is 4.79 Å². The topological polar surface area (TPSA) is 45.2 Å². The first kappa shape index (κ1) is 12.9. The van der Waals surface area contributed by atoms with Crippen LogP contribution in [-0.4, -0.2) is 29.4 Å². The maximum absolute atomic E-state index is 11.7. The summed E-state index contributed by atoms with van der Waals surface area (Å²) >= 11 is 0. The molecule has 4 nitrogen and oxygen atoms in total. The van der Waals surface area contributed by atoms with E-state index in [-0.39, 0.29) is 11.9 Å². The van der Waals surface area contributed by atoms with Gasteiger partial charge < -0.3 is 10.2 Å². The molecule has 1 atom stereocenters. The van der Waals surface area contributed by atoms with Crippen LogP contribution in [0.4, 0.5) is 5.82 Å². The van der Waals surface area contributed by atoms with E-state index in [1.54, 1.807) is 6.92 Å². The van der Waals surface area contributed by atoms with Crippen molar-refractivity contribution in [3.63, 3.8) is 0 Å². The minimum atomic E-state index is 0.164. The fraction of sp³-hybridized carbons (Fsp3) is 0.571. The molecule has 0 spiro atoms. The number of pyridine rings is 1. The molecule has 0 saturated carbocycles. The summed E-state index contributed by atoms with van der Waals surface area (Å²) < 4.78 is 0. The molecule has 1 aromatic rings. The van der Waals surface area contributed by atoms with Crippen molar-refractivity contribution in [1.29, 1.82) is 0 Å². The van der Waals surface area contributed by atoms with Gasteiger partial charge in [-0.2, -0.15) is 0 Å². The third-order valence-electron chi connectivity index (χ3n) is 3.65. The Kier molecular flexibility index (Phi) is 3.84. The molecule has 2 heterocycles. The van der Waals surface area contributed by atoms with Crippen LogP contribution in [0.25, 0.3) is 0 Å². The van der Waals surface area contributed by atoms with Crippen molar-refractivity contribution < 1.29 is 4.79 Å². The zero-order chi connectivity index (χ0) is 13.1. The molecule has 1 aliphatic heterocycles. The van der Waals surface area contributed by atoms with Crippen LogP contribution in [0.2, 0.25) is 0 Å². The van der Waals surface area contributed by atoms with Crippen LogP contribution in [0.5, 0.6) is 0 Å². The lowest BCUT2D eigenvalue weighted by Gasteiger charge is -2.36. The Bertz CT molecular complexity index is 445. The number of likely N-dealkylation sites (tertiary alicyclic amines) is 1. The van der Waals surface area contributed by atoms with Crippen LogP contribution < -0.4 is 5.32 Å². The average molecular weight is 247 g/mol. The Morgan fingerprint density at radius 2 is 2.22 bits per heavy atom. The van der Waals surface area contributed by atoms with E-state index in [1.165, 1.54) is 12.0 Å². The molecule has 1 amide bonds. The lowest BCUT2D eigenvalue weighted by atomic mass is 9.94. The van der Waals surface area contributed by atoms with Crippen LogP contribution in [-0.2, 0) is 4.79 Å². The summed E-state index contributed by atoms with van der Waals surface area (Å²) in [6.45, 7) is 4.54. The molecule has 1 aromatic heterocycles. The Labute approximate surface area is 108 Å². The molecule has 1 fully saturated rings. The number of anilines is 1. The Morgan fingerprint density at radius 1 is 1.44 bits per heavy atom. The minimum Gasteiger partial charge on any atom is -0.373 e. The van der Waals surface area contributed by atoms with E-state index < -0.39 is 0 Å². The van der Waals surface area contributed by atoms with Gasteiger partial charge in [0.05, 0.1) is 6.04 Å².